The van der Waals surface area contributed by atoms with Crippen molar-refractivity contribution in [1.82, 2.24) is 15.1 Å². The molecule has 1 unspecified atom stereocenters. The molecule has 7 nitrogen and oxygen atoms in total. The lowest BCUT2D eigenvalue weighted by Crippen LogP contribution is -2.37. The highest BCUT2D eigenvalue weighted by molar-refractivity contribution is 5.90. The molecule has 0 aliphatic carbocycles. The molecule has 0 spiro atoms. The lowest BCUT2D eigenvalue weighted by atomic mass is 10.0. The molecule has 26 heavy (non-hydrogen) atoms. The van der Waals surface area contributed by atoms with Gasteiger partial charge in [-0.15, -0.1) is 0 Å². The number of nitrogens with zero attached hydrogens (tertiary/aromatic N) is 2. The largest absolute Gasteiger partial charge is 0.388 e. The number of hydrogen-bond acceptors (Lipinski definition) is 4. The molecule has 0 aliphatic rings. The lowest BCUT2D eigenvalue weighted by Gasteiger charge is -2.22. The lowest BCUT2D eigenvalue weighted by molar-refractivity contribution is -0.0215. The molecule has 0 bridgehead atoms. The summed E-state index contributed by atoms with van der Waals surface area (Å²) in [6.45, 7) is 8.04. The molecule has 0 aliphatic heterocycles. The number of aromatic nitrogens is 2. The van der Waals surface area contributed by atoms with Crippen LogP contribution in [0.5, 0.6) is 0 Å². The molecule has 2 aromatic rings. The van der Waals surface area contributed by atoms with Gasteiger partial charge in [0.1, 0.15) is 0 Å². The molecule has 1 atom stereocenters. The maximum atomic E-state index is 12.2. The zero-order valence-electron chi connectivity index (χ0n) is 16.1. The van der Waals surface area contributed by atoms with Gasteiger partial charge in [-0.3, -0.25) is 0 Å². The Balaban J connectivity index is 2.01. The third kappa shape index (κ3) is 5.06. The smallest absolute Gasteiger partial charge is 0.319 e. The van der Waals surface area contributed by atoms with Crippen molar-refractivity contribution in [2.75, 3.05) is 25.6 Å². The van der Waals surface area contributed by atoms with E-state index < -0.39 is 5.60 Å². The molecule has 1 aromatic carbocycles. The predicted molar refractivity (Wildman–Crippen MR) is 102 cm³/mol. The summed E-state index contributed by atoms with van der Waals surface area (Å²) < 4.78 is 6.77. The van der Waals surface area contributed by atoms with E-state index in [-0.39, 0.29) is 12.6 Å². The predicted octanol–water partition coefficient (Wildman–Crippen LogP) is 2.71. The minimum atomic E-state index is -0.968. The van der Waals surface area contributed by atoms with Crippen molar-refractivity contribution in [2.24, 2.45) is 0 Å². The van der Waals surface area contributed by atoms with Gasteiger partial charge in [0.05, 0.1) is 35.0 Å². The summed E-state index contributed by atoms with van der Waals surface area (Å²) >= 11 is 0. The van der Waals surface area contributed by atoms with Gasteiger partial charge in [0.15, 0.2) is 0 Å². The quantitative estimate of drug-likeness (QED) is 0.708. The number of benzene rings is 1. The summed E-state index contributed by atoms with van der Waals surface area (Å²) in [6.07, 6.45) is 0.398. The molecule has 7 heteroatoms. The summed E-state index contributed by atoms with van der Waals surface area (Å²) in [6, 6.07) is 7.72. The van der Waals surface area contributed by atoms with E-state index >= 15 is 0 Å². The number of amides is 2. The Morgan fingerprint density at radius 2 is 1.92 bits per heavy atom. The van der Waals surface area contributed by atoms with Crippen LogP contribution in [0.25, 0.3) is 5.69 Å². The topological polar surface area (TPSA) is 88.4 Å². The number of rotatable bonds is 7. The van der Waals surface area contributed by atoms with E-state index in [2.05, 4.69) is 15.7 Å². The van der Waals surface area contributed by atoms with E-state index in [0.717, 1.165) is 17.1 Å². The number of hydrogen-bond donors (Lipinski definition) is 3. The minimum Gasteiger partial charge on any atom is -0.388 e. The van der Waals surface area contributed by atoms with Crippen molar-refractivity contribution >= 4 is 11.7 Å². The van der Waals surface area contributed by atoms with Crippen LogP contribution in [0.2, 0.25) is 0 Å². The first-order chi connectivity index (χ1) is 12.2. The fourth-order valence-electron chi connectivity index (χ4n) is 2.75. The standard InChI is InChI=1S/C19H28N4O3/c1-13-6-8-16(9-7-13)23-15(3)17(14(2)22-23)21-18(24)20-11-10-19(4,25)12-26-5/h6-9,25H,10-12H2,1-5H3,(H2,20,21,24). The Hall–Kier alpha value is -2.38. The molecule has 142 valence electrons. The average molecular weight is 360 g/mol. The van der Waals surface area contributed by atoms with Crippen molar-refractivity contribution in [1.29, 1.82) is 0 Å². The monoisotopic (exact) mass is 360 g/mol. The molecular formula is C19H28N4O3. The van der Waals surface area contributed by atoms with Crippen LogP contribution in [0.4, 0.5) is 10.5 Å². The maximum absolute atomic E-state index is 12.2. The third-order valence-corrected chi connectivity index (χ3v) is 4.21. The van der Waals surface area contributed by atoms with E-state index in [1.54, 1.807) is 6.92 Å². The van der Waals surface area contributed by atoms with Crippen molar-refractivity contribution in [3.8, 4) is 5.69 Å². The van der Waals surface area contributed by atoms with E-state index in [0.29, 0.717) is 18.7 Å². The zero-order valence-corrected chi connectivity index (χ0v) is 16.1. The van der Waals surface area contributed by atoms with Gasteiger partial charge in [0, 0.05) is 13.7 Å². The van der Waals surface area contributed by atoms with Gasteiger partial charge < -0.3 is 20.5 Å². The Kier molecular flexibility index (Phi) is 6.39. The van der Waals surface area contributed by atoms with Gasteiger partial charge >= 0.3 is 6.03 Å². The molecule has 3 N–H and O–H groups in total. The van der Waals surface area contributed by atoms with Crippen molar-refractivity contribution in [2.45, 2.75) is 39.7 Å². The second kappa shape index (κ2) is 8.33. The van der Waals surface area contributed by atoms with Gasteiger partial charge in [-0.25, -0.2) is 9.48 Å². The van der Waals surface area contributed by atoms with Crippen molar-refractivity contribution < 1.29 is 14.6 Å². The Morgan fingerprint density at radius 3 is 2.54 bits per heavy atom. The number of aliphatic hydroxyl groups is 1. The van der Waals surface area contributed by atoms with Crippen LogP contribution in [-0.4, -0.2) is 46.8 Å². The summed E-state index contributed by atoms with van der Waals surface area (Å²) in [5, 5.41) is 20.2. The fourth-order valence-corrected chi connectivity index (χ4v) is 2.75. The molecule has 0 radical (unpaired) electrons. The highest BCUT2D eigenvalue weighted by atomic mass is 16.5. The second-order valence-electron chi connectivity index (χ2n) is 6.85. The van der Waals surface area contributed by atoms with E-state index in [4.69, 9.17) is 4.74 Å². The molecule has 2 amide bonds. The van der Waals surface area contributed by atoms with Crippen LogP contribution in [0.1, 0.15) is 30.3 Å². The van der Waals surface area contributed by atoms with Crippen LogP contribution in [0, 0.1) is 20.8 Å². The van der Waals surface area contributed by atoms with Crippen LogP contribution in [0.3, 0.4) is 0 Å². The Bertz CT molecular complexity index is 751. The molecule has 1 aromatic heterocycles. The summed E-state index contributed by atoms with van der Waals surface area (Å²) in [4.78, 5) is 12.2. The van der Waals surface area contributed by atoms with E-state index in [9.17, 15) is 9.90 Å². The number of aryl methyl sites for hydroxylation is 2. The second-order valence-corrected chi connectivity index (χ2v) is 6.85. The highest BCUT2D eigenvalue weighted by Gasteiger charge is 2.20. The first kappa shape index (κ1) is 19.9. The molecule has 2 rings (SSSR count). The average Bonchev–Trinajstić information content (AvgIpc) is 2.83. The van der Waals surface area contributed by atoms with Crippen molar-refractivity contribution in [3.63, 3.8) is 0 Å². The number of carbonyl (C=O) groups is 1. The Labute approximate surface area is 154 Å². The Morgan fingerprint density at radius 1 is 1.27 bits per heavy atom. The maximum Gasteiger partial charge on any atom is 0.319 e. The van der Waals surface area contributed by atoms with Gasteiger partial charge in [-0.05, 0) is 46.2 Å². The highest BCUT2D eigenvalue weighted by Crippen LogP contribution is 2.23. The van der Waals surface area contributed by atoms with Gasteiger partial charge in [0.2, 0.25) is 0 Å². The van der Waals surface area contributed by atoms with Crippen LogP contribution >= 0.6 is 0 Å². The number of urea groups is 1. The summed E-state index contributed by atoms with van der Waals surface area (Å²) in [7, 11) is 1.53. The van der Waals surface area contributed by atoms with E-state index in [1.165, 1.54) is 12.7 Å². The first-order valence-electron chi connectivity index (χ1n) is 8.63. The first-order valence-corrected chi connectivity index (χ1v) is 8.63. The normalized spacial score (nSPS) is 13.3. The van der Waals surface area contributed by atoms with Crippen LogP contribution < -0.4 is 10.6 Å². The number of anilines is 1. The number of nitrogens with one attached hydrogen (secondary N) is 2. The molecule has 0 fully saturated rings. The van der Waals surface area contributed by atoms with Crippen molar-refractivity contribution in [3.05, 3.63) is 41.2 Å². The molecule has 0 saturated heterocycles. The van der Waals surface area contributed by atoms with Gasteiger partial charge in [-0.2, -0.15) is 5.10 Å². The minimum absolute atomic E-state index is 0.220. The zero-order chi connectivity index (χ0) is 19.3. The van der Waals surface area contributed by atoms with Crippen LogP contribution in [0.15, 0.2) is 24.3 Å². The molecule has 1 heterocycles. The molecule has 0 saturated carbocycles. The molecular weight excluding hydrogens is 332 g/mol. The van der Waals surface area contributed by atoms with Crippen LogP contribution in [-0.2, 0) is 4.74 Å². The van der Waals surface area contributed by atoms with Gasteiger partial charge in [0.25, 0.3) is 0 Å². The fraction of sp³-hybridized carbons (Fsp3) is 0.474. The summed E-state index contributed by atoms with van der Waals surface area (Å²) in [5.74, 6) is 0. The SMILES string of the molecule is COCC(C)(O)CCNC(=O)Nc1c(C)nn(-c2ccc(C)cc2)c1C. The number of carbonyl (C=O) groups excluding carboxylic acids is 1. The number of ether oxygens (including phenoxy) is 1. The third-order valence-electron chi connectivity index (χ3n) is 4.21. The van der Waals surface area contributed by atoms with Gasteiger partial charge in [-0.1, -0.05) is 17.7 Å². The number of methoxy groups -OCH3 is 1. The summed E-state index contributed by atoms with van der Waals surface area (Å²) in [5.41, 5.74) is 3.44. The van der Waals surface area contributed by atoms with E-state index in [1.807, 2.05) is 49.7 Å².